The van der Waals surface area contributed by atoms with Crippen LogP contribution in [-0.4, -0.2) is 5.11 Å². The Morgan fingerprint density at radius 2 is 1.92 bits per heavy atom. The largest absolute Gasteiger partial charge is 0.384 e. The van der Waals surface area contributed by atoms with Crippen molar-refractivity contribution >= 4 is 11.6 Å². The molecule has 0 spiro atoms. The molecule has 0 aliphatic rings. The van der Waals surface area contributed by atoms with Crippen LogP contribution >= 0.6 is 11.6 Å². The fraction of sp³-hybridized carbons (Fsp3) is 0.200. The van der Waals surface area contributed by atoms with Crippen LogP contribution in [0.5, 0.6) is 0 Å². The molecule has 1 aromatic carbocycles. The van der Waals surface area contributed by atoms with Gasteiger partial charge < -0.3 is 5.11 Å². The minimum Gasteiger partial charge on any atom is -0.384 e. The molecule has 1 rings (SSSR count). The fourth-order valence-electron chi connectivity index (χ4n) is 0.953. The molecule has 1 nitrogen and oxygen atoms in total. The molecule has 64 valence electrons. The van der Waals surface area contributed by atoms with E-state index in [1.807, 2.05) is 25.1 Å². The van der Waals surface area contributed by atoms with Gasteiger partial charge in [-0.3, -0.25) is 0 Å². The maximum atomic E-state index is 9.48. The molecule has 0 amide bonds. The molecular weight excluding hydrogens is 172 g/mol. The van der Waals surface area contributed by atoms with Gasteiger partial charge in [-0.2, -0.15) is 0 Å². The van der Waals surface area contributed by atoms with Gasteiger partial charge in [0.25, 0.3) is 0 Å². The number of hydrogen-bond acceptors (Lipinski definition) is 1. The first kappa shape index (κ1) is 9.30. The number of rotatable bonds is 2. The van der Waals surface area contributed by atoms with Crippen LogP contribution in [0.25, 0.3) is 0 Å². The van der Waals surface area contributed by atoms with Crippen LogP contribution in [0, 0.1) is 0 Å². The molecule has 0 fully saturated rings. The summed E-state index contributed by atoms with van der Waals surface area (Å²) in [5.74, 6) is 0. The SMILES string of the molecule is C/C=C\C(O)c1ccc(Cl)cc1. The highest BCUT2D eigenvalue weighted by Crippen LogP contribution is 2.16. The number of halogens is 1. The molecule has 0 saturated heterocycles. The van der Waals surface area contributed by atoms with Crippen LogP contribution in [0.15, 0.2) is 36.4 Å². The fourth-order valence-corrected chi connectivity index (χ4v) is 1.08. The minimum atomic E-state index is -0.521. The Balaban J connectivity index is 2.82. The zero-order valence-corrected chi connectivity index (χ0v) is 7.62. The average Bonchev–Trinajstić information content (AvgIpc) is 2.06. The molecule has 1 unspecified atom stereocenters. The Morgan fingerprint density at radius 1 is 1.33 bits per heavy atom. The monoisotopic (exact) mass is 182 g/mol. The number of hydrogen-bond donors (Lipinski definition) is 1. The van der Waals surface area contributed by atoms with E-state index in [9.17, 15) is 5.11 Å². The summed E-state index contributed by atoms with van der Waals surface area (Å²) in [6.07, 6.45) is 3.02. The van der Waals surface area contributed by atoms with Crippen LogP contribution in [0.3, 0.4) is 0 Å². The first-order valence-electron chi connectivity index (χ1n) is 3.80. The van der Waals surface area contributed by atoms with Crippen molar-refractivity contribution in [3.63, 3.8) is 0 Å². The van der Waals surface area contributed by atoms with Crippen LogP contribution < -0.4 is 0 Å². The molecule has 0 aliphatic heterocycles. The molecule has 1 atom stereocenters. The molecule has 1 N–H and O–H groups in total. The zero-order valence-electron chi connectivity index (χ0n) is 6.87. The van der Waals surface area contributed by atoms with Crippen molar-refractivity contribution in [2.75, 3.05) is 0 Å². The van der Waals surface area contributed by atoms with Crippen LogP contribution in [0.4, 0.5) is 0 Å². The third-order valence-corrected chi connectivity index (χ3v) is 1.84. The summed E-state index contributed by atoms with van der Waals surface area (Å²) in [5, 5.41) is 10.2. The van der Waals surface area contributed by atoms with Gasteiger partial charge in [-0.15, -0.1) is 0 Å². The number of aliphatic hydroxyl groups is 1. The maximum Gasteiger partial charge on any atom is 0.0971 e. The van der Waals surface area contributed by atoms with Gasteiger partial charge in [0.2, 0.25) is 0 Å². The van der Waals surface area contributed by atoms with E-state index in [1.165, 1.54) is 0 Å². The second kappa shape index (κ2) is 4.29. The standard InChI is InChI=1S/C10H11ClO/c1-2-3-10(12)8-4-6-9(11)7-5-8/h2-7,10,12H,1H3/b3-2-. The highest BCUT2D eigenvalue weighted by atomic mass is 35.5. The molecule has 0 aromatic heterocycles. The summed E-state index contributed by atoms with van der Waals surface area (Å²) in [6.45, 7) is 1.87. The van der Waals surface area contributed by atoms with Crippen molar-refractivity contribution in [1.29, 1.82) is 0 Å². The van der Waals surface area contributed by atoms with E-state index >= 15 is 0 Å². The van der Waals surface area contributed by atoms with Crippen LogP contribution in [0.1, 0.15) is 18.6 Å². The van der Waals surface area contributed by atoms with Gasteiger partial charge in [-0.1, -0.05) is 35.9 Å². The summed E-state index contributed by atoms with van der Waals surface area (Å²) >= 11 is 5.69. The highest BCUT2D eigenvalue weighted by molar-refractivity contribution is 6.30. The molecule has 0 saturated carbocycles. The van der Waals surface area contributed by atoms with Gasteiger partial charge in [0.1, 0.15) is 0 Å². The Hall–Kier alpha value is -0.790. The molecule has 0 aliphatic carbocycles. The molecule has 0 heterocycles. The van der Waals surface area contributed by atoms with Gasteiger partial charge in [-0.05, 0) is 24.6 Å². The quantitative estimate of drug-likeness (QED) is 0.698. The summed E-state index contributed by atoms with van der Waals surface area (Å²) in [5.41, 5.74) is 0.859. The summed E-state index contributed by atoms with van der Waals surface area (Å²) in [4.78, 5) is 0. The van der Waals surface area contributed by atoms with E-state index in [-0.39, 0.29) is 0 Å². The Morgan fingerprint density at radius 3 is 2.42 bits per heavy atom. The molecule has 0 radical (unpaired) electrons. The van der Waals surface area contributed by atoms with E-state index in [0.29, 0.717) is 5.02 Å². The normalized spacial score (nSPS) is 13.6. The topological polar surface area (TPSA) is 20.2 Å². The van der Waals surface area contributed by atoms with Crippen molar-refractivity contribution in [2.45, 2.75) is 13.0 Å². The Labute approximate surface area is 77.3 Å². The van der Waals surface area contributed by atoms with E-state index in [4.69, 9.17) is 11.6 Å². The molecule has 12 heavy (non-hydrogen) atoms. The lowest BCUT2D eigenvalue weighted by Crippen LogP contribution is -1.91. The van der Waals surface area contributed by atoms with E-state index in [0.717, 1.165) is 5.56 Å². The van der Waals surface area contributed by atoms with E-state index in [1.54, 1.807) is 18.2 Å². The maximum absolute atomic E-state index is 9.48. The second-order valence-electron chi connectivity index (χ2n) is 2.52. The number of benzene rings is 1. The van der Waals surface area contributed by atoms with Gasteiger partial charge in [0, 0.05) is 5.02 Å². The van der Waals surface area contributed by atoms with E-state index < -0.39 is 6.10 Å². The van der Waals surface area contributed by atoms with E-state index in [2.05, 4.69) is 0 Å². The van der Waals surface area contributed by atoms with Crippen molar-refractivity contribution < 1.29 is 5.11 Å². The van der Waals surface area contributed by atoms with Crippen molar-refractivity contribution in [1.82, 2.24) is 0 Å². The highest BCUT2D eigenvalue weighted by Gasteiger charge is 2.00. The predicted molar refractivity (Wildman–Crippen MR) is 51.2 cm³/mol. The summed E-state index contributed by atoms with van der Waals surface area (Å²) in [6, 6.07) is 7.16. The smallest absolute Gasteiger partial charge is 0.0971 e. The zero-order chi connectivity index (χ0) is 8.97. The van der Waals surface area contributed by atoms with Crippen molar-refractivity contribution in [3.05, 3.63) is 47.0 Å². The minimum absolute atomic E-state index is 0.521. The molecule has 0 bridgehead atoms. The van der Waals surface area contributed by atoms with Crippen LogP contribution in [-0.2, 0) is 0 Å². The average molecular weight is 183 g/mol. The molecule has 2 heteroatoms. The van der Waals surface area contributed by atoms with Crippen molar-refractivity contribution in [3.8, 4) is 0 Å². The van der Waals surface area contributed by atoms with Gasteiger partial charge in [-0.25, -0.2) is 0 Å². The third kappa shape index (κ3) is 2.36. The first-order valence-corrected chi connectivity index (χ1v) is 4.18. The third-order valence-electron chi connectivity index (χ3n) is 1.59. The Kier molecular flexibility index (Phi) is 3.32. The van der Waals surface area contributed by atoms with Crippen molar-refractivity contribution in [2.24, 2.45) is 0 Å². The lowest BCUT2D eigenvalue weighted by atomic mass is 10.1. The number of allylic oxidation sites excluding steroid dienone is 1. The predicted octanol–water partition coefficient (Wildman–Crippen LogP) is 2.95. The van der Waals surface area contributed by atoms with Gasteiger partial charge in [0.15, 0.2) is 0 Å². The first-order chi connectivity index (χ1) is 5.74. The summed E-state index contributed by atoms with van der Waals surface area (Å²) in [7, 11) is 0. The van der Waals surface area contributed by atoms with Crippen LogP contribution in [0.2, 0.25) is 5.02 Å². The molecule has 1 aromatic rings. The summed E-state index contributed by atoms with van der Waals surface area (Å²) < 4.78 is 0. The second-order valence-corrected chi connectivity index (χ2v) is 2.96. The molecular formula is C10H11ClO. The Bertz CT molecular complexity index is 264. The number of aliphatic hydroxyl groups excluding tert-OH is 1. The van der Waals surface area contributed by atoms with Gasteiger partial charge >= 0.3 is 0 Å². The van der Waals surface area contributed by atoms with Gasteiger partial charge in [0.05, 0.1) is 6.10 Å². The lowest BCUT2D eigenvalue weighted by Gasteiger charge is -2.04. The lowest BCUT2D eigenvalue weighted by molar-refractivity contribution is 0.228.